The second-order valence-electron chi connectivity index (χ2n) is 6.50. The van der Waals surface area contributed by atoms with Crippen LogP contribution >= 0.6 is 0 Å². The fraction of sp³-hybridized carbons (Fsp3) is 0.647. The molecule has 0 amide bonds. The highest BCUT2D eigenvalue weighted by atomic mass is 16.5. The molecule has 19 heavy (non-hydrogen) atoms. The molecule has 2 nitrogen and oxygen atoms in total. The second kappa shape index (κ2) is 5.26. The molecule has 1 N–H and O–H groups in total. The number of hydrogen-bond acceptors (Lipinski definition) is 2. The van der Waals surface area contributed by atoms with E-state index >= 15 is 0 Å². The molecule has 2 fully saturated rings. The molecule has 1 aliphatic carbocycles. The highest BCUT2D eigenvalue weighted by molar-refractivity contribution is 5.28. The van der Waals surface area contributed by atoms with E-state index in [1.165, 1.54) is 36.8 Å². The average Bonchev–Trinajstić information content (AvgIpc) is 2.44. The Labute approximate surface area is 116 Å². The molecule has 1 spiro atoms. The molecule has 3 rings (SSSR count). The zero-order valence-corrected chi connectivity index (χ0v) is 12.1. The molecule has 1 aromatic carbocycles. The van der Waals surface area contributed by atoms with Crippen LogP contribution in [0.3, 0.4) is 0 Å². The van der Waals surface area contributed by atoms with Crippen LogP contribution < -0.4 is 5.32 Å². The lowest BCUT2D eigenvalue weighted by atomic mass is 9.76. The van der Waals surface area contributed by atoms with Crippen molar-refractivity contribution in [1.29, 1.82) is 0 Å². The summed E-state index contributed by atoms with van der Waals surface area (Å²) in [6, 6.07) is 8.57. The Morgan fingerprint density at radius 3 is 2.58 bits per heavy atom. The van der Waals surface area contributed by atoms with E-state index in [9.17, 15) is 0 Å². The Morgan fingerprint density at radius 1 is 1.21 bits per heavy atom. The van der Waals surface area contributed by atoms with Gasteiger partial charge in [-0.25, -0.2) is 0 Å². The first-order valence-electron chi connectivity index (χ1n) is 7.61. The molecule has 0 bridgehead atoms. The van der Waals surface area contributed by atoms with E-state index in [-0.39, 0.29) is 11.6 Å². The summed E-state index contributed by atoms with van der Waals surface area (Å²) in [5.41, 5.74) is 2.95. The topological polar surface area (TPSA) is 21.3 Å². The van der Waals surface area contributed by atoms with Gasteiger partial charge in [0.25, 0.3) is 0 Å². The van der Waals surface area contributed by atoms with Gasteiger partial charge in [-0.3, -0.25) is 0 Å². The van der Waals surface area contributed by atoms with Crippen LogP contribution in [0.2, 0.25) is 0 Å². The molecule has 104 valence electrons. The van der Waals surface area contributed by atoms with E-state index in [0.717, 1.165) is 19.1 Å². The van der Waals surface area contributed by atoms with Crippen molar-refractivity contribution in [1.82, 2.24) is 5.32 Å². The summed E-state index contributed by atoms with van der Waals surface area (Å²) >= 11 is 0. The van der Waals surface area contributed by atoms with Crippen LogP contribution in [-0.4, -0.2) is 18.7 Å². The van der Waals surface area contributed by atoms with E-state index in [2.05, 4.69) is 43.4 Å². The van der Waals surface area contributed by atoms with E-state index in [0.29, 0.717) is 0 Å². The van der Waals surface area contributed by atoms with Gasteiger partial charge in [0.1, 0.15) is 0 Å². The van der Waals surface area contributed by atoms with Crippen molar-refractivity contribution in [2.45, 2.75) is 51.2 Å². The van der Waals surface area contributed by atoms with Crippen LogP contribution in [0.25, 0.3) is 0 Å². The predicted octanol–water partition coefficient (Wildman–Crippen LogP) is 3.60. The van der Waals surface area contributed by atoms with Crippen molar-refractivity contribution >= 4 is 0 Å². The van der Waals surface area contributed by atoms with Crippen molar-refractivity contribution in [3.63, 3.8) is 0 Å². The highest BCUT2D eigenvalue weighted by Crippen LogP contribution is 2.36. The van der Waals surface area contributed by atoms with Gasteiger partial charge in [-0.15, -0.1) is 0 Å². The van der Waals surface area contributed by atoms with Gasteiger partial charge in [-0.1, -0.05) is 31.2 Å². The molecule has 1 aliphatic heterocycles. The van der Waals surface area contributed by atoms with Gasteiger partial charge < -0.3 is 10.1 Å². The van der Waals surface area contributed by atoms with Crippen molar-refractivity contribution in [3.05, 3.63) is 35.4 Å². The van der Waals surface area contributed by atoms with Gasteiger partial charge in [0, 0.05) is 12.1 Å². The monoisotopic (exact) mass is 259 g/mol. The molecule has 1 atom stereocenters. The summed E-state index contributed by atoms with van der Waals surface area (Å²) in [6.45, 7) is 6.37. The molecule has 1 unspecified atom stereocenters. The average molecular weight is 259 g/mol. The Bertz CT molecular complexity index is 425. The van der Waals surface area contributed by atoms with E-state index in [1.54, 1.807) is 0 Å². The Hall–Kier alpha value is -0.860. The first-order chi connectivity index (χ1) is 9.19. The van der Waals surface area contributed by atoms with Gasteiger partial charge in [0.05, 0.1) is 12.7 Å². The summed E-state index contributed by atoms with van der Waals surface area (Å²) in [5.74, 6) is 0.890. The first-order valence-corrected chi connectivity index (χ1v) is 7.61. The lowest BCUT2D eigenvalue weighted by molar-refractivity contribution is -0.0506. The molecule has 0 radical (unpaired) electrons. The third-order valence-corrected chi connectivity index (χ3v) is 4.99. The summed E-state index contributed by atoms with van der Waals surface area (Å²) < 4.78 is 6.21. The van der Waals surface area contributed by atoms with Gasteiger partial charge in [0.2, 0.25) is 0 Å². The molecular formula is C17H25NO. The van der Waals surface area contributed by atoms with E-state index in [1.807, 2.05) is 0 Å². The minimum absolute atomic E-state index is 0.228. The maximum Gasteiger partial charge on any atom is 0.0952 e. The number of morpholine rings is 1. The zero-order valence-electron chi connectivity index (χ0n) is 12.1. The van der Waals surface area contributed by atoms with E-state index in [4.69, 9.17) is 4.74 Å². The summed E-state index contributed by atoms with van der Waals surface area (Å²) in [7, 11) is 0. The molecule has 1 saturated heterocycles. The van der Waals surface area contributed by atoms with Gasteiger partial charge in [0.15, 0.2) is 0 Å². The number of nitrogens with one attached hydrogen (secondary N) is 1. The Morgan fingerprint density at radius 2 is 1.95 bits per heavy atom. The largest absolute Gasteiger partial charge is 0.370 e. The smallest absolute Gasteiger partial charge is 0.0952 e. The molecule has 2 heteroatoms. The maximum atomic E-state index is 6.21. The molecule has 2 aliphatic rings. The summed E-state index contributed by atoms with van der Waals surface area (Å²) in [5, 5.41) is 3.81. The van der Waals surface area contributed by atoms with Crippen molar-refractivity contribution in [3.8, 4) is 0 Å². The van der Waals surface area contributed by atoms with E-state index < -0.39 is 0 Å². The van der Waals surface area contributed by atoms with Crippen LogP contribution in [0.5, 0.6) is 0 Å². The first kappa shape index (κ1) is 13.1. The van der Waals surface area contributed by atoms with Crippen LogP contribution in [0.1, 0.15) is 49.8 Å². The third kappa shape index (κ3) is 2.70. The summed E-state index contributed by atoms with van der Waals surface area (Å²) in [4.78, 5) is 0. The normalized spacial score (nSPS) is 35.5. The fourth-order valence-corrected chi connectivity index (χ4v) is 3.46. The lowest BCUT2D eigenvalue weighted by Gasteiger charge is -2.45. The molecule has 1 aromatic rings. The van der Waals surface area contributed by atoms with Crippen molar-refractivity contribution < 1.29 is 4.74 Å². The van der Waals surface area contributed by atoms with Crippen LogP contribution in [0.15, 0.2) is 24.3 Å². The standard InChI is InChI=1S/C17H25NO/c1-13-7-9-17(10-8-13)12-19-16(11-18-17)15-6-4-3-5-14(15)2/h3-6,13,16,18H,7-12H2,1-2H3. The Kier molecular flexibility index (Phi) is 3.64. The lowest BCUT2D eigenvalue weighted by Crippen LogP contribution is -2.56. The minimum Gasteiger partial charge on any atom is -0.370 e. The maximum absolute atomic E-state index is 6.21. The number of benzene rings is 1. The van der Waals surface area contributed by atoms with Gasteiger partial charge in [-0.05, 0) is 49.7 Å². The Balaban J connectivity index is 1.65. The SMILES string of the molecule is Cc1ccccc1C1CNC2(CCC(C)CC2)CO1. The third-order valence-electron chi connectivity index (χ3n) is 4.99. The van der Waals surface area contributed by atoms with Gasteiger partial charge in [-0.2, -0.15) is 0 Å². The van der Waals surface area contributed by atoms with Crippen LogP contribution in [0, 0.1) is 12.8 Å². The van der Waals surface area contributed by atoms with Crippen LogP contribution in [0.4, 0.5) is 0 Å². The quantitative estimate of drug-likeness (QED) is 0.832. The highest BCUT2D eigenvalue weighted by Gasteiger charge is 2.38. The van der Waals surface area contributed by atoms with Crippen molar-refractivity contribution in [2.24, 2.45) is 5.92 Å². The molecular weight excluding hydrogens is 234 g/mol. The number of rotatable bonds is 1. The molecule has 1 heterocycles. The van der Waals surface area contributed by atoms with Gasteiger partial charge >= 0.3 is 0 Å². The summed E-state index contributed by atoms with van der Waals surface area (Å²) in [6.07, 6.45) is 5.45. The number of aryl methyl sites for hydroxylation is 1. The fourth-order valence-electron chi connectivity index (χ4n) is 3.46. The number of ether oxygens (including phenoxy) is 1. The molecule has 0 aromatic heterocycles. The zero-order chi connectivity index (χ0) is 13.3. The number of hydrogen-bond donors (Lipinski definition) is 1. The minimum atomic E-state index is 0.228. The molecule has 1 saturated carbocycles. The van der Waals surface area contributed by atoms with Crippen LogP contribution in [-0.2, 0) is 4.74 Å². The second-order valence-corrected chi connectivity index (χ2v) is 6.50. The van der Waals surface area contributed by atoms with Crippen molar-refractivity contribution in [2.75, 3.05) is 13.2 Å². The predicted molar refractivity (Wildman–Crippen MR) is 78.2 cm³/mol.